The Labute approximate surface area is 117 Å². The van der Waals surface area contributed by atoms with Gasteiger partial charge in [0.15, 0.2) is 0 Å². The number of hydrogen-bond donors (Lipinski definition) is 2. The molecular formula is C12H23F3N4O. The number of primary amides is 1. The molecule has 0 bridgehead atoms. The van der Waals surface area contributed by atoms with Gasteiger partial charge in [-0.15, -0.1) is 0 Å². The van der Waals surface area contributed by atoms with Gasteiger partial charge in [0.25, 0.3) is 0 Å². The summed E-state index contributed by atoms with van der Waals surface area (Å²) in [5, 5.41) is 3.05. The van der Waals surface area contributed by atoms with Gasteiger partial charge in [-0.1, -0.05) is 6.92 Å². The summed E-state index contributed by atoms with van der Waals surface area (Å²) in [4.78, 5) is 14.9. The number of alkyl halides is 3. The van der Waals surface area contributed by atoms with Gasteiger partial charge in [-0.2, -0.15) is 13.2 Å². The molecule has 1 amide bonds. The van der Waals surface area contributed by atoms with E-state index in [-0.39, 0.29) is 0 Å². The smallest absolute Gasteiger partial charge is 0.368 e. The van der Waals surface area contributed by atoms with Crippen LogP contribution in [-0.2, 0) is 4.79 Å². The second-order valence-corrected chi connectivity index (χ2v) is 5.39. The fraction of sp³-hybridized carbons (Fsp3) is 0.917. The molecule has 118 valence electrons. The van der Waals surface area contributed by atoms with Gasteiger partial charge in [0, 0.05) is 32.7 Å². The van der Waals surface area contributed by atoms with Crippen molar-refractivity contribution >= 4 is 5.91 Å². The summed E-state index contributed by atoms with van der Waals surface area (Å²) >= 11 is 0. The lowest BCUT2D eigenvalue weighted by Gasteiger charge is -2.39. The fourth-order valence-corrected chi connectivity index (χ4v) is 2.42. The van der Waals surface area contributed by atoms with E-state index in [9.17, 15) is 18.0 Å². The van der Waals surface area contributed by atoms with Crippen LogP contribution in [0.15, 0.2) is 0 Å². The van der Waals surface area contributed by atoms with Crippen LogP contribution in [0.25, 0.3) is 0 Å². The standard InChI is InChI=1S/C12H23F3N4O/c1-3-17-11(2,10(16)20)8-18-4-6-19(7-5-18)9-12(13,14)15/h17H,3-9H2,1-2H3,(H2,16,20). The first-order valence-corrected chi connectivity index (χ1v) is 6.72. The van der Waals surface area contributed by atoms with E-state index in [0.29, 0.717) is 39.3 Å². The number of likely N-dealkylation sites (N-methyl/N-ethyl adjacent to an activating group) is 1. The number of nitrogens with two attached hydrogens (primary N) is 1. The van der Waals surface area contributed by atoms with Crippen LogP contribution < -0.4 is 11.1 Å². The highest BCUT2D eigenvalue weighted by molar-refractivity contribution is 5.84. The lowest BCUT2D eigenvalue weighted by Crippen LogP contribution is -2.62. The summed E-state index contributed by atoms with van der Waals surface area (Å²) in [6.07, 6.45) is -4.16. The molecule has 20 heavy (non-hydrogen) atoms. The van der Waals surface area contributed by atoms with Crippen LogP contribution in [-0.4, -0.2) is 73.2 Å². The van der Waals surface area contributed by atoms with Crippen LogP contribution in [0.1, 0.15) is 13.8 Å². The molecule has 0 radical (unpaired) electrons. The van der Waals surface area contributed by atoms with Crippen molar-refractivity contribution in [2.24, 2.45) is 5.73 Å². The van der Waals surface area contributed by atoms with Crippen LogP contribution in [0.4, 0.5) is 13.2 Å². The molecule has 1 saturated heterocycles. The van der Waals surface area contributed by atoms with E-state index in [2.05, 4.69) is 5.32 Å². The summed E-state index contributed by atoms with van der Waals surface area (Å²) in [5.74, 6) is -0.447. The Balaban J connectivity index is 2.47. The molecule has 1 unspecified atom stereocenters. The number of carbonyl (C=O) groups is 1. The Hall–Kier alpha value is -0.860. The molecule has 1 rings (SSSR count). The quantitative estimate of drug-likeness (QED) is 0.725. The zero-order valence-electron chi connectivity index (χ0n) is 12.0. The minimum absolute atomic E-state index is 0.348. The molecule has 3 N–H and O–H groups in total. The van der Waals surface area contributed by atoms with E-state index in [1.165, 1.54) is 4.90 Å². The van der Waals surface area contributed by atoms with Gasteiger partial charge in [-0.05, 0) is 13.5 Å². The van der Waals surface area contributed by atoms with E-state index < -0.39 is 24.2 Å². The van der Waals surface area contributed by atoms with Crippen molar-refractivity contribution in [3.8, 4) is 0 Å². The fourth-order valence-electron chi connectivity index (χ4n) is 2.42. The predicted octanol–water partition coefficient (Wildman–Crippen LogP) is 0.0198. The highest BCUT2D eigenvalue weighted by atomic mass is 19.4. The number of amides is 1. The average molecular weight is 296 g/mol. The molecule has 1 atom stereocenters. The Kier molecular flexibility index (Phi) is 5.79. The van der Waals surface area contributed by atoms with Crippen molar-refractivity contribution in [2.45, 2.75) is 25.6 Å². The maximum Gasteiger partial charge on any atom is 0.401 e. The van der Waals surface area contributed by atoms with Gasteiger partial charge in [-0.3, -0.25) is 14.6 Å². The number of nitrogens with zero attached hydrogens (tertiary/aromatic N) is 2. The second-order valence-electron chi connectivity index (χ2n) is 5.39. The zero-order valence-corrected chi connectivity index (χ0v) is 12.0. The van der Waals surface area contributed by atoms with E-state index in [1.54, 1.807) is 6.92 Å². The van der Waals surface area contributed by atoms with Gasteiger partial charge in [0.1, 0.15) is 5.54 Å². The van der Waals surface area contributed by atoms with Crippen LogP contribution in [0, 0.1) is 0 Å². The van der Waals surface area contributed by atoms with Crippen LogP contribution in [0.2, 0.25) is 0 Å². The minimum atomic E-state index is -4.16. The average Bonchev–Trinajstić information content (AvgIpc) is 2.30. The molecule has 8 heteroatoms. The SMILES string of the molecule is CCNC(C)(CN1CCN(CC(F)(F)F)CC1)C(N)=O. The van der Waals surface area contributed by atoms with Gasteiger partial charge in [0.2, 0.25) is 5.91 Å². The predicted molar refractivity (Wildman–Crippen MR) is 70.2 cm³/mol. The number of piperazine rings is 1. The van der Waals surface area contributed by atoms with E-state index in [1.807, 2.05) is 11.8 Å². The molecule has 0 saturated carbocycles. The summed E-state index contributed by atoms with van der Waals surface area (Å²) in [6, 6.07) is 0. The van der Waals surface area contributed by atoms with Crippen molar-refractivity contribution in [2.75, 3.05) is 45.8 Å². The van der Waals surface area contributed by atoms with Crippen LogP contribution >= 0.6 is 0 Å². The Bertz CT molecular complexity index is 329. The van der Waals surface area contributed by atoms with Gasteiger partial charge in [0.05, 0.1) is 6.54 Å². The Morgan fingerprint density at radius 2 is 1.60 bits per heavy atom. The Morgan fingerprint density at radius 1 is 1.15 bits per heavy atom. The van der Waals surface area contributed by atoms with Crippen molar-refractivity contribution in [1.29, 1.82) is 0 Å². The third-order valence-electron chi connectivity index (χ3n) is 3.52. The monoisotopic (exact) mass is 296 g/mol. The third kappa shape index (κ3) is 5.26. The van der Waals surface area contributed by atoms with Crippen molar-refractivity contribution in [1.82, 2.24) is 15.1 Å². The molecule has 0 aromatic rings. The topological polar surface area (TPSA) is 61.6 Å². The normalized spacial score (nSPS) is 21.6. The number of nitrogens with one attached hydrogen (secondary N) is 1. The molecule has 0 aromatic carbocycles. The molecule has 0 spiro atoms. The summed E-state index contributed by atoms with van der Waals surface area (Å²) in [7, 11) is 0. The minimum Gasteiger partial charge on any atom is -0.368 e. The van der Waals surface area contributed by atoms with E-state index in [4.69, 9.17) is 5.73 Å². The van der Waals surface area contributed by atoms with Crippen molar-refractivity contribution < 1.29 is 18.0 Å². The second kappa shape index (κ2) is 6.73. The molecule has 1 aliphatic rings. The summed E-state index contributed by atoms with van der Waals surface area (Å²) in [6.45, 7) is 5.45. The molecular weight excluding hydrogens is 273 g/mol. The largest absolute Gasteiger partial charge is 0.401 e. The maximum absolute atomic E-state index is 12.3. The third-order valence-corrected chi connectivity index (χ3v) is 3.52. The Morgan fingerprint density at radius 3 is 1.95 bits per heavy atom. The van der Waals surface area contributed by atoms with Gasteiger partial charge < -0.3 is 11.1 Å². The number of rotatable bonds is 6. The zero-order chi connectivity index (χ0) is 15.4. The first-order chi connectivity index (χ1) is 9.16. The molecule has 1 heterocycles. The first-order valence-electron chi connectivity index (χ1n) is 6.72. The maximum atomic E-state index is 12.3. The lowest BCUT2D eigenvalue weighted by atomic mass is 10.00. The van der Waals surface area contributed by atoms with Crippen molar-refractivity contribution in [3.05, 3.63) is 0 Å². The number of halogens is 3. The summed E-state index contributed by atoms with van der Waals surface area (Å²) < 4.78 is 36.9. The molecule has 1 aliphatic heterocycles. The van der Waals surface area contributed by atoms with Gasteiger partial charge in [-0.25, -0.2) is 0 Å². The van der Waals surface area contributed by atoms with Crippen LogP contribution in [0.5, 0.6) is 0 Å². The highest BCUT2D eigenvalue weighted by Crippen LogP contribution is 2.18. The van der Waals surface area contributed by atoms with Gasteiger partial charge >= 0.3 is 6.18 Å². The molecule has 0 aromatic heterocycles. The number of carbonyl (C=O) groups excluding carboxylic acids is 1. The highest BCUT2D eigenvalue weighted by Gasteiger charge is 2.35. The van der Waals surface area contributed by atoms with Crippen molar-refractivity contribution in [3.63, 3.8) is 0 Å². The van der Waals surface area contributed by atoms with E-state index >= 15 is 0 Å². The van der Waals surface area contributed by atoms with E-state index in [0.717, 1.165) is 0 Å². The molecule has 0 aliphatic carbocycles. The molecule has 5 nitrogen and oxygen atoms in total. The molecule has 1 fully saturated rings. The summed E-state index contributed by atoms with van der Waals surface area (Å²) in [5.41, 5.74) is 4.55. The number of hydrogen-bond acceptors (Lipinski definition) is 4. The lowest BCUT2D eigenvalue weighted by molar-refractivity contribution is -0.149. The van der Waals surface area contributed by atoms with Crippen LogP contribution in [0.3, 0.4) is 0 Å². The first kappa shape index (κ1) is 17.2.